The molecule has 1 heterocycles. The zero-order valence-corrected chi connectivity index (χ0v) is 9.95. The van der Waals surface area contributed by atoms with E-state index in [1.54, 1.807) is 6.92 Å². The predicted molar refractivity (Wildman–Crippen MR) is 62.2 cm³/mol. The molecule has 0 radical (unpaired) electrons. The Kier molecular flexibility index (Phi) is 3.93. The van der Waals surface area contributed by atoms with E-state index >= 15 is 0 Å². The maximum atomic E-state index is 9.21. The molecule has 1 saturated carbocycles. The van der Waals surface area contributed by atoms with Crippen LogP contribution < -0.4 is 0 Å². The minimum absolute atomic E-state index is 0.261. The first-order chi connectivity index (χ1) is 7.75. The largest absolute Gasteiger partial charge is 0.393 e. The molecular formula is C12H21N3O. The first-order valence-corrected chi connectivity index (χ1v) is 6.35. The average Bonchev–Trinajstić information content (AvgIpc) is 2.76. The number of nitrogens with one attached hydrogen (secondary N) is 1. The summed E-state index contributed by atoms with van der Waals surface area (Å²) in [5, 5.41) is 16.5. The molecule has 0 spiro atoms. The van der Waals surface area contributed by atoms with E-state index in [0.717, 1.165) is 24.5 Å². The van der Waals surface area contributed by atoms with E-state index in [0.29, 0.717) is 5.92 Å². The third-order valence-electron chi connectivity index (χ3n) is 3.32. The lowest BCUT2D eigenvalue weighted by atomic mass is 9.89. The van der Waals surface area contributed by atoms with Crippen LogP contribution in [0.15, 0.2) is 0 Å². The van der Waals surface area contributed by atoms with Gasteiger partial charge in [-0.05, 0) is 26.2 Å². The molecule has 90 valence electrons. The smallest absolute Gasteiger partial charge is 0.153 e. The van der Waals surface area contributed by atoms with Gasteiger partial charge >= 0.3 is 0 Å². The second kappa shape index (κ2) is 5.43. The standard InChI is InChI=1S/C12H21N3O/c1-9(16)7-8-11-13-12(15-14-11)10-5-3-2-4-6-10/h9-10,16H,2-8H2,1H3,(H,13,14,15). The number of H-pyrrole nitrogens is 1. The van der Waals surface area contributed by atoms with Gasteiger partial charge in [-0.2, -0.15) is 5.10 Å². The molecule has 0 aliphatic heterocycles. The predicted octanol–water partition coefficient (Wildman–Crippen LogP) is 2.17. The van der Waals surface area contributed by atoms with E-state index in [-0.39, 0.29) is 6.10 Å². The Labute approximate surface area is 96.5 Å². The first kappa shape index (κ1) is 11.6. The van der Waals surface area contributed by atoms with Gasteiger partial charge in [-0.15, -0.1) is 0 Å². The van der Waals surface area contributed by atoms with Gasteiger partial charge in [0, 0.05) is 12.3 Å². The molecule has 2 N–H and O–H groups in total. The highest BCUT2D eigenvalue weighted by atomic mass is 16.3. The van der Waals surface area contributed by atoms with Gasteiger partial charge in [0.1, 0.15) is 5.82 Å². The zero-order chi connectivity index (χ0) is 11.4. The molecule has 0 aromatic carbocycles. The second-order valence-corrected chi connectivity index (χ2v) is 4.86. The number of aliphatic hydroxyl groups excluding tert-OH is 1. The number of nitrogens with zero attached hydrogens (tertiary/aromatic N) is 2. The fraction of sp³-hybridized carbons (Fsp3) is 0.833. The van der Waals surface area contributed by atoms with Gasteiger partial charge < -0.3 is 5.11 Å². The minimum Gasteiger partial charge on any atom is -0.393 e. The second-order valence-electron chi connectivity index (χ2n) is 4.86. The van der Waals surface area contributed by atoms with Crippen molar-refractivity contribution < 1.29 is 5.11 Å². The number of hydrogen-bond acceptors (Lipinski definition) is 3. The van der Waals surface area contributed by atoms with E-state index in [4.69, 9.17) is 0 Å². The molecule has 0 saturated heterocycles. The molecule has 16 heavy (non-hydrogen) atoms. The van der Waals surface area contributed by atoms with Gasteiger partial charge in [-0.25, -0.2) is 4.98 Å². The highest BCUT2D eigenvalue weighted by molar-refractivity contribution is 4.99. The van der Waals surface area contributed by atoms with Crippen molar-refractivity contribution in [1.29, 1.82) is 0 Å². The minimum atomic E-state index is -0.261. The Hall–Kier alpha value is -0.900. The van der Waals surface area contributed by atoms with Crippen LogP contribution in [-0.2, 0) is 6.42 Å². The molecule has 1 aliphatic carbocycles. The molecule has 0 amide bonds. The molecule has 1 aliphatic rings. The number of hydrogen-bond donors (Lipinski definition) is 2. The molecule has 1 aromatic rings. The number of aliphatic hydroxyl groups is 1. The van der Waals surface area contributed by atoms with Crippen LogP contribution in [0, 0.1) is 0 Å². The number of aromatic nitrogens is 3. The van der Waals surface area contributed by atoms with Crippen LogP contribution in [0.5, 0.6) is 0 Å². The summed E-state index contributed by atoms with van der Waals surface area (Å²) < 4.78 is 0. The monoisotopic (exact) mass is 223 g/mol. The lowest BCUT2D eigenvalue weighted by Crippen LogP contribution is -2.06. The molecule has 1 fully saturated rings. The normalized spacial score (nSPS) is 19.9. The van der Waals surface area contributed by atoms with Gasteiger partial charge in [0.05, 0.1) is 6.10 Å². The fourth-order valence-electron chi connectivity index (χ4n) is 2.31. The molecule has 4 nitrogen and oxygen atoms in total. The van der Waals surface area contributed by atoms with Crippen LogP contribution in [0.3, 0.4) is 0 Å². The van der Waals surface area contributed by atoms with Crippen molar-refractivity contribution in [2.24, 2.45) is 0 Å². The van der Waals surface area contributed by atoms with Gasteiger partial charge in [0.25, 0.3) is 0 Å². The Morgan fingerprint density at radius 3 is 2.81 bits per heavy atom. The van der Waals surface area contributed by atoms with Crippen LogP contribution in [-0.4, -0.2) is 26.4 Å². The number of aromatic amines is 1. The topological polar surface area (TPSA) is 61.8 Å². The summed E-state index contributed by atoms with van der Waals surface area (Å²) in [7, 11) is 0. The third-order valence-corrected chi connectivity index (χ3v) is 3.32. The molecule has 1 aromatic heterocycles. The van der Waals surface area contributed by atoms with Crippen LogP contribution in [0.2, 0.25) is 0 Å². The summed E-state index contributed by atoms with van der Waals surface area (Å²) in [4.78, 5) is 4.53. The summed E-state index contributed by atoms with van der Waals surface area (Å²) in [6.07, 6.45) is 7.71. The third kappa shape index (κ3) is 3.04. The summed E-state index contributed by atoms with van der Waals surface area (Å²) in [6.45, 7) is 1.80. The van der Waals surface area contributed by atoms with E-state index in [2.05, 4.69) is 15.2 Å². The van der Waals surface area contributed by atoms with E-state index in [9.17, 15) is 5.11 Å². The van der Waals surface area contributed by atoms with Crippen molar-refractivity contribution in [2.45, 2.75) is 63.9 Å². The number of aryl methyl sites for hydroxylation is 1. The summed E-state index contributed by atoms with van der Waals surface area (Å²) in [6, 6.07) is 0. The highest BCUT2D eigenvalue weighted by Gasteiger charge is 2.19. The molecule has 2 rings (SSSR count). The fourth-order valence-corrected chi connectivity index (χ4v) is 2.31. The molecule has 1 unspecified atom stereocenters. The Bertz CT molecular complexity index is 316. The zero-order valence-electron chi connectivity index (χ0n) is 9.95. The van der Waals surface area contributed by atoms with Gasteiger partial charge in [-0.1, -0.05) is 19.3 Å². The lowest BCUT2D eigenvalue weighted by molar-refractivity contribution is 0.184. The average molecular weight is 223 g/mol. The SMILES string of the molecule is CC(O)CCc1nc(C2CCCCC2)n[nH]1. The van der Waals surface area contributed by atoms with Gasteiger partial charge in [0.15, 0.2) is 5.82 Å². The van der Waals surface area contributed by atoms with E-state index < -0.39 is 0 Å². The van der Waals surface area contributed by atoms with Crippen molar-refractivity contribution in [3.05, 3.63) is 11.6 Å². The van der Waals surface area contributed by atoms with Gasteiger partial charge in [-0.3, -0.25) is 5.10 Å². The Morgan fingerprint density at radius 1 is 1.38 bits per heavy atom. The quantitative estimate of drug-likeness (QED) is 0.822. The summed E-state index contributed by atoms with van der Waals surface area (Å²) in [5.74, 6) is 2.46. The summed E-state index contributed by atoms with van der Waals surface area (Å²) >= 11 is 0. The first-order valence-electron chi connectivity index (χ1n) is 6.35. The molecule has 0 bridgehead atoms. The van der Waals surface area contributed by atoms with Crippen LogP contribution in [0.1, 0.15) is 63.0 Å². The Balaban J connectivity index is 1.90. The van der Waals surface area contributed by atoms with Crippen LogP contribution >= 0.6 is 0 Å². The van der Waals surface area contributed by atoms with E-state index in [1.807, 2.05) is 0 Å². The Morgan fingerprint density at radius 2 is 2.12 bits per heavy atom. The van der Waals surface area contributed by atoms with E-state index in [1.165, 1.54) is 32.1 Å². The van der Waals surface area contributed by atoms with Crippen LogP contribution in [0.4, 0.5) is 0 Å². The van der Waals surface area contributed by atoms with Crippen molar-refractivity contribution in [1.82, 2.24) is 15.2 Å². The maximum Gasteiger partial charge on any atom is 0.153 e. The lowest BCUT2D eigenvalue weighted by Gasteiger charge is -2.18. The van der Waals surface area contributed by atoms with Crippen molar-refractivity contribution in [3.63, 3.8) is 0 Å². The number of rotatable bonds is 4. The summed E-state index contributed by atoms with van der Waals surface area (Å²) in [5.41, 5.74) is 0. The molecule has 1 atom stereocenters. The maximum absolute atomic E-state index is 9.21. The van der Waals surface area contributed by atoms with Gasteiger partial charge in [0.2, 0.25) is 0 Å². The molecular weight excluding hydrogens is 202 g/mol. The molecule has 4 heteroatoms. The van der Waals surface area contributed by atoms with Crippen molar-refractivity contribution in [3.8, 4) is 0 Å². The van der Waals surface area contributed by atoms with Crippen molar-refractivity contribution in [2.75, 3.05) is 0 Å². The van der Waals surface area contributed by atoms with Crippen LogP contribution in [0.25, 0.3) is 0 Å². The highest BCUT2D eigenvalue weighted by Crippen LogP contribution is 2.30. The van der Waals surface area contributed by atoms with Crippen molar-refractivity contribution >= 4 is 0 Å².